The number of rotatable bonds is 2. The SMILES string of the molecule is CNc1c(Br)cccc1C(=N)OC. The zero-order chi connectivity index (χ0) is 9.84. The molecule has 3 nitrogen and oxygen atoms in total. The van der Waals surface area contributed by atoms with Gasteiger partial charge >= 0.3 is 0 Å². The topological polar surface area (TPSA) is 45.1 Å². The van der Waals surface area contributed by atoms with E-state index in [9.17, 15) is 0 Å². The van der Waals surface area contributed by atoms with E-state index in [-0.39, 0.29) is 5.90 Å². The molecule has 2 N–H and O–H groups in total. The first kappa shape index (κ1) is 10.1. The van der Waals surface area contributed by atoms with Crippen molar-refractivity contribution in [2.45, 2.75) is 0 Å². The van der Waals surface area contributed by atoms with Gasteiger partial charge in [-0.05, 0) is 28.1 Å². The molecule has 1 aromatic rings. The Balaban J connectivity index is 3.20. The molecule has 0 amide bonds. The van der Waals surface area contributed by atoms with Gasteiger partial charge in [-0.3, -0.25) is 5.41 Å². The lowest BCUT2D eigenvalue weighted by Gasteiger charge is -2.10. The lowest BCUT2D eigenvalue weighted by Crippen LogP contribution is -2.05. The molecule has 0 saturated carbocycles. The van der Waals surface area contributed by atoms with Gasteiger partial charge < -0.3 is 10.1 Å². The van der Waals surface area contributed by atoms with Crippen LogP contribution in [0.4, 0.5) is 5.69 Å². The summed E-state index contributed by atoms with van der Waals surface area (Å²) in [7, 11) is 3.30. The summed E-state index contributed by atoms with van der Waals surface area (Å²) in [6, 6.07) is 5.62. The maximum absolute atomic E-state index is 7.54. The smallest absolute Gasteiger partial charge is 0.215 e. The summed E-state index contributed by atoms with van der Waals surface area (Å²) in [6.07, 6.45) is 0. The molecule has 0 fully saturated rings. The van der Waals surface area contributed by atoms with Crippen LogP contribution in [0.1, 0.15) is 5.56 Å². The molecule has 0 aliphatic rings. The van der Waals surface area contributed by atoms with Gasteiger partial charge in [0.15, 0.2) is 0 Å². The van der Waals surface area contributed by atoms with E-state index in [2.05, 4.69) is 21.2 Å². The fraction of sp³-hybridized carbons (Fsp3) is 0.222. The minimum atomic E-state index is 0.158. The van der Waals surface area contributed by atoms with E-state index in [0.717, 1.165) is 15.7 Å². The van der Waals surface area contributed by atoms with Crippen molar-refractivity contribution in [3.05, 3.63) is 28.2 Å². The molecule has 0 aliphatic heterocycles. The highest BCUT2D eigenvalue weighted by molar-refractivity contribution is 9.10. The molecule has 0 aliphatic carbocycles. The molecule has 0 spiro atoms. The highest BCUT2D eigenvalue weighted by Gasteiger charge is 2.09. The number of para-hydroxylation sites is 1. The second kappa shape index (κ2) is 4.28. The summed E-state index contributed by atoms with van der Waals surface area (Å²) in [5.74, 6) is 0.158. The van der Waals surface area contributed by atoms with Crippen LogP contribution in [0.3, 0.4) is 0 Å². The van der Waals surface area contributed by atoms with Crippen LogP contribution in [0.2, 0.25) is 0 Å². The fourth-order valence-electron chi connectivity index (χ4n) is 1.08. The predicted octanol–water partition coefficient (Wildman–Crippen LogP) is 2.46. The first-order valence-electron chi connectivity index (χ1n) is 3.80. The molecular formula is C9H11BrN2O. The molecule has 4 heteroatoms. The standard InChI is InChI=1S/C9H11BrN2O/c1-12-8-6(9(11)13-2)4-3-5-7(8)10/h3-5,11-12H,1-2H3. The van der Waals surface area contributed by atoms with Crippen molar-refractivity contribution in [3.63, 3.8) is 0 Å². The minimum Gasteiger partial charge on any atom is -0.481 e. The van der Waals surface area contributed by atoms with Gasteiger partial charge in [0.05, 0.1) is 18.4 Å². The van der Waals surface area contributed by atoms with Gasteiger partial charge in [-0.25, -0.2) is 0 Å². The Bertz CT molecular complexity index is 325. The van der Waals surface area contributed by atoms with Crippen molar-refractivity contribution in [3.8, 4) is 0 Å². The number of methoxy groups -OCH3 is 1. The van der Waals surface area contributed by atoms with E-state index >= 15 is 0 Å². The van der Waals surface area contributed by atoms with Gasteiger partial charge in [0.2, 0.25) is 5.90 Å². The molecule has 0 atom stereocenters. The van der Waals surface area contributed by atoms with Crippen LogP contribution in [0.15, 0.2) is 22.7 Å². The first-order chi connectivity index (χ1) is 6.20. The molecule has 0 aromatic heterocycles. The van der Waals surface area contributed by atoms with Crippen LogP contribution in [0.5, 0.6) is 0 Å². The number of anilines is 1. The number of nitrogens with one attached hydrogen (secondary N) is 2. The molecule has 13 heavy (non-hydrogen) atoms. The number of halogens is 1. The third-order valence-electron chi connectivity index (χ3n) is 1.71. The van der Waals surface area contributed by atoms with E-state index in [4.69, 9.17) is 10.1 Å². The Hall–Kier alpha value is -1.03. The van der Waals surface area contributed by atoms with E-state index in [1.54, 1.807) is 0 Å². The summed E-state index contributed by atoms with van der Waals surface area (Å²) < 4.78 is 5.78. The van der Waals surface area contributed by atoms with Crippen molar-refractivity contribution < 1.29 is 4.74 Å². The van der Waals surface area contributed by atoms with Gasteiger partial charge in [-0.2, -0.15) is 0 Å². The van der Waals surface area contributed by atoms with Crippen molar-refractivity contribution in [2.75, 3.05) is 19.5 Å². The number of benzene rings is 1. The fourth-order valence-corrected chi connectivity index (χ4v) is 1.64. The van der Waals surface area contributed by atoms with Gasteiger partial charge in [0, 0.05) is 11.5 Å². The van der Waals surface area contributed by atoms with Crippen molar-refractivity contribution in [1.82, 2.24) is 0 Å². The van der Waals surface area contributed by atoms with Crippen molar-refractivity contribution >= 4 is 27.5 Å². The van der Waals surface area contributed by atoms with Crippen LogP contribution < -0.4 is 5.32 Å². The second-order valence-corrected chi connectivity index (χ2v) is 3.30. The molecule has 0 unspecified atom stereocenters. The van der Waals surface area contributed by atoms with Gasteiger partial charge in [-0.1, -0.05) is 6.07 Å². The van der Waals surface area contributed by atoms with E-state index in [0.29, 0.717) is 0 Å². The van der Waals surface area contributed by atoms with E-state index in [1.807, 2.05) is 25.2 Å². The Morgan fingerprint density at radius 1 is 1.54 bits per heavy atom. The van der Waals surface area contributed by atoms with Crippen LogP contribution in [-0.2, 0) is 4.74 Å². The molecule has 70 valence electrons. The lowest BCUT2D eigenvalue weighted by molar-refractivity contribution is 0.401. The lowest BCUT2D eigenvalue weighted by atomic mass is 10.2. The van der Waals surface area contributed by atoms with Crippen LogP contribution >= 0.6 is 15.9 Å². The Kier molecular flexibility index (Phi) is 3.31. The zero-order valence-corrected chi connectivity index (χ0v) is 9.10. The van der Waals surface area contributed by atoms with Crippen LogP contribution in [0.25, 0.3) is 0 Å². The maximum atomic E-state index is 7.54. The summed E-state index contributed by atoms with van der Waals surface area (Å²) >= 11 is 3.39. The molecule has 0 bridgehead atoms. The summed E-state index contributed by atoms with van der Waals surface area (Å²) in [5, 5.41) is 10.5. The van der Waals surface area contributed by atoms with Gasteiger partial charge in [0.25, 0.3) is 0 Å². The van der Waals surface area contributed by atoms with E-state index < -0.39 is 0 Å². The largest absolute Gasteiger partial charge is 0.481 e. The van der Waals surface area contributed by atoms with Gasteiger partial charge in [0.1, 0.15) is 0 Å². The molecule has 0 radical (unpaired) electrons. The Morgan fingerprint density at radius 3 is 2.77 bits per heavy atom. The molecule has 0 heterocycles. The van der Waals surface area contributed by atoms with Crippen LogP contribution in [-0.4, -0.2) is 20.1 Å². The summed E-state index contributed by atoms with van der Waals surface area (Å²) in [4.78, 5) is 0. The number of hydrogen-bond donors (Lipinski definition) is 2. The quantitative estimate of drug-likeness (QED) is 0.619. The Labute approximate surface area is 85.7 Å². The highest BCUT2D eigenvalue weighted by atomic mass is 79.9. The molecule has 1 rings (SSSR count). The zero-order valence-electron chi connectivity index (χ0n) is 7.52. The molecular weight excluding hydrogens is 232 g/mol. The number of ether oxygens (including phenoxy) is 1. The average Bonchev–Trinajstić information content (AvgIpc) is 2.16. The molecule has 0 saturated heterocycles. The summed E-state index contributed by atoms with van der Waals surface area (Å²) in [6.45, 7) is 0. The Morgan fingerprint density at radius 2 is 2.23 bits per heavy atom. The maximum Gasteiger partial charge on any atom is 0.215 e. The second-order valence-electron chi connectivity index (χ2n) is 2.45. The number of hydrogen-bond acceptors (Lipinski definition) is 3. The normalized spacial score (nSPS) is 9.46. The first-order valence-corrected chi connectivity index (χ1v) is 4.59. The predicted molar refractivity (Wildman–Crippen MR) is 57.5 cm³/mol. The monoisotopic (exact) mass is 242 g/mol. The van der Waals surface area contributed by atoms with Crippen LogP contribution in [0, 0.1) is 5.41 Å². The minimum absolute atomic E-state index is 0.158. The highest BCUT2D eigenvalue weighted by Crippen LogP contribution is 2.26. The molecule has 1 aromatic carbocycles. The third-order valence-corrected chi connectivity index (χ3v) is 2.37. The van der Waals surface area contributed by atoms with Crippen molar-refractivity contribution in [1.29, 1.82) is 5.41 Å². The van der Waals surface area contributed by atoms with Gasteiger partial charge in [-0.15, -0.1) is 0 Å². The van der Waals surface area contributed by atoms with Crippen molar-refractivity contribution in [2.24, 2.45) is 0 Å². The van der Waals surface area contributed by atoms with E-state index in [1.165, 1.54) is 7.11 Å². The average molecular weight is 243 g/mol. The third kappa shape index (κ3) is 2.01. The summed E-state index contributed by atoms with van der Waals surface area (Å²) in [5.41, 5.74) is 1.62.